The minimum atomic E-state index is -1.28. The number of aromatic nitrogens is 2. The Balaban J connectivity index is 2.33. The fourth-order valence-corrected chi connectivity index (χ4v) is 1.84. The number of aliphatic hydroxyl groups is 3. The molecule has 2 aromatic heterocycles. The standard InChI is InChI=1S/C9H10N2O4S/c12-4-5(13)9(14)8-7(10-16-11-8)6-2-1-3-15-6/h1-3,5,9,12-14H,4H2. The smallest absolute Gasteiger partial charge is 0.155 e. The molecule has 0 saturated heterocycles. The highest BCUT2D eigenvalue weighted by Crippen LogP contribution is 2.28. The van der Waals surface area contributed by atoms with Crippen molar-refractivity contribution in [3.63, 3.8) is 0 Å². The maximum absolute atomic E-state index is 9.71. The third kappa shape index (κ3) is 1.98. The molecule has 0 aliphatic carbocycles. The quantitative estimate of drug-likeness (QED) is 0.707. The van der Waals surface area contributed by atoms with Crippen LogP contribution in [0.3, 0.4) is 0 Å². The molecule has 0 aliphatic rings. The molecule has 2 aromatic rings. The maximum atomic E-state index is 9.71. The molecule has 0 saturated carbocycles. The Morgan fingerprint density at radius 3 is 2.81 bits per heavy atom. The Labute approximate surface area is 95.1 Å². The molecule has 16 heavy (non-hydrogen) atoms. The van der Waals surface area contributed by atoms with Gasteiger partial charge in [0.15, 0.2) is 5.76 Å². The molecule has 2 unspecified atom stereocenters. The largest absolute Gasteiger partial charge is 0.463 e. The van der Waals surface area contributed by atoms with Gasteiger partial charge in [-0.2, -0.15) is 8.75 Å². The fraction of sp³-hybridized carbons (Fsp3) is 0.333. The summed E-state index contributed by atoms with van der Waals surface area (Å²) in [6.07, 6.45) is -1.07. The van der Waals surface area contributed by atoms with Gasteiger partial charge in [-0.05, 0) is 12.1 Å². The normalized spacial score (nSPS) is 14.9. The molecule has 0 fully saturated rings. The van der Waals surface area contributed by atoms with E-state index >= 15 is 0 Å². The lowest BCUT2D eigenvalue weighted by Crippen LogP contribution is -2.22. The second-order valence-electron chi connectivity index (χ2n) is 3.17. The Hall–Kier alpha value is -1.28. The van der Waals surface area contributed by atoms with Crippen LogP contribution in [0.15, 0.2) is 22.8 Å². The molecule has 6 nitrogen and oxygen atoms in total. The van der Waals surface area contributed by atoms with Crippen LogP contribution in [0.4, 0.5) is 0 Å². The zero-order valence-electron chi connectivity index (χ0n) is 8.15. The van der Waals surface area contributed by atoms with Crippen molar-refractivity contribution in [1.82, 2.24) is 8.75 Å². The summed E-state index contributed by atoms with van der Waals surface area (Å²) in [4.78, 5) is 0. The molecule has 2 heterocycles. The minimum Gasteiger partial charge on any atom is -0.463 e. The van der Waals surface area contributed by atoms with E-state index in [1.807, 2.05) is 0 Å². The zero-order valence-corrected chi connectivity index (χ0v) is 8.96. The van der Waals surface area contributed by atoms with Crippen LogP contribution >= 0.6 is 11.7 Å². The molecular formula is C9H10N2O4S. The molecule has 2 rings (SSSR count). The topological polar surface area (TPSA) is 99.6 Å². The van der Waals surface area contributed by atoms with Crippen LogP contribution in [0.2, 0.25) is 0 Å². The van der Waals surface area contributed by atoms with Crippen molar-refractivity contribution in [2.75, 3.05) is 6.61 Å². The second kappa shape index (κ2) is 4.71. The van der Waals surface area contributed by atoms with Crippen LogP contribution in [-0.4, -0.2) is 36.8 Å². The van der Waals surface area contributed by atoms with Gasteiger partial charge in [0.1, 0.15) is 23.6 Å². The predicted molar refractivity (Wildman–Crippen MR) is 55.7 cm³/mol. The van der Waals surface area contributed by atoms with Crippen LogP contribution in [0.25, 0.3) is 11.5 Å². The van der Waals surface area contributed by atoms with Crippen molar-refractivity contribution < 1.29 is 19.7 Å². The van der Waals surface area contributed by atoms with E-state index in [1.54, 1.807) is 12.1 Å². The van der Waals surface area contributed by atoms with Crippen LogP contribution < -0.4 is 0 Å². The van der Waals surface area contributed by atoms with E-state index in [0.29, 0.717) is 11.5 Å². The van der Waals surface area contributed by atoms with Crippen LogP contribution in [0, 0.1) is 0 Å². The Kier molecular flexibility index (Phi) is 3.30. The zero-order chi connectivity index (χ0) is 11.5. The molecular weight excluding hydrogens is 232 g/mol. The van der Waals surface area contributed by atoms with Crippen LogP contribution in [0.5, 0.6) is 0 Å². The van der Waals surface area contributed by atoms with Gasteiger partial charge in [0.2, 0.25) is 0 Å². The summed E-state index contributed by atoms with van der Waals surface area (Å²) in [6.45, 7) is -0.545. The lowest BCUT2D eigenvalue weighted by molar-refractivity contribution is -0.0166. The van der Waals surface area contributed by atoms with Gasteiger partial charge in [-0.25, -0.2) is 0 Å². The van der Waals surface area contributed by atoms with E-state index < -0.39 is 18.8 Å². The fourth-order valence-electron chi connectivity index (χ4n) is 1.26. The van der Waals surface area contributed by atoms with Crippen molar-refractivity contribution >= 4 is 11.7 Å². The number of rotatable bonds is 4. The SMILES string of the molecule is OCC(O)C(O)c1nsnc1-c1ccco1. The summed E-state index contributed by atoms with van der Waals surface area (Å²) in [5.41, 5.74) is 0.594. The van der Waals surface area contributed by atoms with Gasteiger partial charge in [-0.3, -0.25) is 0 Å². The number of furan rings is 1. The average molecular weight is 242 g/mol. The summed E-state index contributed by atoms with van der Waals surface area (Å²) < 4.78 is 13.0. The molecule has 86 valence electrons. The molecule has 0 amide bonds. The molecule has 7 heteroatoms. The van der Waals surface area contributed by atoms with Crippen molar-refractivity contribution in [3.05, 3.63) is 24.1 Å². The third-order valence-corrected chi connectivity index (χ3v) is 2.64. The molecule has 3 N–H and O–H groups in total. The first-order valence-electron chi connectivity index (χ1n) is 4.57. The number of aliphatic hydroxyl groups excluding tert-OH is 3. The third-order valence-electron chi connectivity index (χ3n) is 2.10. The van der Waals surface area contributed by atoms with E-state index in [-0.39, 0.29) is 5.69 Å². The highest BCUT2D eigenvalue weighted by molar-refractivity contribution is 6.99. The minimum absolute atomic E-state index is 0.210. The van der Waals surface area contributed by atoms with E-state index in [2.05, 4.69) is 8.75 Å². The average Bonchev–Trinajstić information content (AvgIpc) is 2.95. The summed E-state index contributed by atoms with van der Waals surface area (Å²) in [6, 6.07) is 3.37. The van der Waals surface area contributed by atoms with Gasteiger partial charge in [0, 0.05) is 0 Å². The lowest BCUT2D eigenvalue weighted by atomic mass is 10.1. The molecule has 2 atom stereocenters. The van der Waals surface area contributed by atoms with Gasteiger partial charge in [-0.1, -0.05) is 0 Å². The summed E-state index contributed by atoms with van der Waals surface area (Å²) in [5.74, 6) is 0.466. The Morgan fingerprint density at radius 1 is 1.38 bits per heavy atom. The van der Waals surface area contributed by atoms with Gasteiger partial charge in [-0.15, -0.1) is 0 Å². The highest BCUT2D eigenvalue weighted by atomic mass is 32.1. The Morgan fingerprint density at radius 2 is 2.19 bits per heavy atom. The van der Waals surface area contributed by atoms with Gasteiger partial charge < -0.3 is 19.7 Å². The van der Waals surface area contributed by atoms with Crippen molar-refractivity contribution in [1.29, 1.82) is 0 Å². The van der Waals surface area contributed by atoms with Crippen molar-refractivity contribution in [2.24, 2.45) is 0 Å². The van der Waals surface area contributed by atoms with Gasteiger partial charge in [0.25, 0.3) is 0 Å². The molecule has 0 aliphatic heterocycles. The molecule has 0 spiro atoms. The number of nitrogens with zero attached hydrogens (tertiary/aromatic N) is 2. The van der Waals surface area contributed by atoms with Crippen molar-refractivity contribution in [3.8, 4) is 11.5 Å². The first-order valence-corrected chi connectivity index (χ1v) is 5.30. The lowest BCUT2D eigenvalue weighted by Gasteiger charge is -2.13. The number of hydrogen-bond acceptors (Lipinski definition) is 7. The predicted octanol–water partition coefficient (Wildman–Crippen LogP) is 0.185. The summed E-state index contributed by atoms with van der Waals surface area (Å²) in [5, 5.41) is 27.8. The second-order valence-corrected chi connectivity index (χ2v) is 3.70. The first kappa shape index (κ1) is 11.2. The Bertz CT molecular complexity index is 442. The van der Waals surface area contributed by atoms with Crippen LogP contribution in [0.1, 0.15) is 11.8 Å². The number of hydrogen-bond donors (Lipinski definition) is 3. The van der Waals surface area contributed by atoms with Gasteiger partial charge in [0.05, 0.1) is 24.6 Å². The highest BCUT2D eigenvalue weighted by Gasteiger charge is 2.25. The van der Waals surface area contributed by atoms with E-state index in [1.165, 1.54) is 6.26 Å². The maximum Gasteiger partial charge on any atom is 0.155 e. The van der Waals surface area contributed by atoms with Crippen molar-refractivity contribution in [2.45, 2.75) is 12.2 Å². The molecule has 0 radical (unpaired) electrons. The molecule has 0 aromatic carbocycles. The monoisotopic (exact) mass is 242 g/mol. The summed E-state index contributed by atoms with van der Waals surface area (Å²) in [7, 11) is 0. The van der Waals surface area contributed by atoms with E-state index in [4.69, 9.17) is 9.52 Å². The van der Waals surface area contributed by atoms with Gasteiger partial charge >= 0.3 is 0 Å². The van der Waals surface area contributed by atoms with Crippen LogP contribution in [-0.2, 0) is 0 Å². The van der Waals surface area contributed by atoms with E-state index in [0.717, 1.165) is 11.7 Å². The summed E-state index contributed by atoms with van der Waals surface area (Å²) >= 11 is 0.908. The first-order chi connectivity index (χ1) is 7.74. The molecule has 0 bridgehead atoms. The van der Waals surface area contributed by atoms with E-state index in [9.17, 15) is 10.2 Å².